The number of carbonyl (C=O) groups excluding carboxylic acids is 2. The lowest BCUT2D eigenvalue weighted by molar-refractivity contribution is -0.912. The highest BCUT2D eigenvalue weighted by atomic mass is 16.2. The van der Waals surface area contributed by atoms with Gasteiger partial charge < -0.3 is 4.90 Å². The van der Waals surface area contributed by atoms with Crippen LogP contribution in [0.25, 0.3) is 0 Å². The average Bonchev–Trinajstić information content (AvgIpc) is 2.66. The monoisotopic (exact) mass is 245 g/mol. The quantitative estimate of drug-likeness (QED) is 0.762. The average molecular weight is 245 g/mol. The number of rotatable bonds is 2. The van der Waals surface area contributed by atoms with Crippen molar-refractivity contribution in [1.82, 2.24) is 4.90 Å². The summed E-state index contributed by atoms with van der Waals surface area (Å²) in [7, 11) is 0. The van der Waals surface area contributed by atoms with E-state index in [-0.39, 0.29) is 11.8 Å². The molecule has 0 saturated carbocycles. The number of amides is 2. The van der Waals surface area contributed by atoms with E-state index in [9.17, 15) is 9.59 Å². The Balaban J connectivity index is 1.79. The van der Waals surface area contributed by atoms with Gasteiger partial charge in [-0.1, -0.05) is 12.1 Å². The topological polar surface area (TPSA) is 41.8 Å². The minimum atomic E-state index is -0.131. The first-order chi connectivity index (χ1) is 8.77. The Hall–Kier alpha value is -1.68. The van der Waals surface area contributed by atoms with Crippen LogP contribution >= 0.6 is 0 Å². The van der Waals surface area contributed by atoms with Crippen molar-refractivity contribution in [2.45, 2.75) is 19.3 Å². The molecule has 18 heavy (non-hydrogen) atoms. The summed E-state index contributed by atoms with van der Waals surface area (Å²) in [4.78, 5) is 27.1. The Labute approximate surface area is 106 Å². The highest BCUT2D eigenvalue weighted by molar-refractivity contribution is 6.21. The van der Waals surface area contributed by atoms with Crippen LogP contribution in [0.15, 0.2) is 24.3 Å². The molecule has 0 atom stereocenters. The summed E-state index contributed by atoms with van der Waals surface area (Å²) in [6.45, 7) is 2.65. The fourth-order valence-corrected chi connectivity index (χ4v) is 2.82. The summed E-state index contributed by atoms with van der Waals surface area (Å²) in [6.07, 6.45) is 3.66. The molecule has 0 unspecified atom stereocenters. The van der Waals surface area contributed by atoms with Crippen molar-refractivity contribution < 1.29 is 14.5 Å². The molecule has 1 aromatic rings. The molecule has 0 aromatic heterocycles. The Bertz CT molecular complexity index is 457. The van der Waals surface area contributed by atoms with E-state index in [1.165, 1.54) is 29.1 Å². The molecule has 0 bridgehead atoms. The third-order valence-corrected chi connectivity index (χ3v) is 3.82. The number of likely N-dealkylation sites (tertiary alicyclic amines) is 1. The van der Waals surface area contributed by atoms with E-state index in [1.807, 2.05) is 0 Å². The van der Waals surface area contributed by atoms with Gasteiger partial charge in [0.2, 0.25) is 0 Å². The Morgan fingerprint density at radius 3 is 2.06 bits per heavy atom. The second-order valence-electron chi connectivity index (χ2n) is 5.05. The summed E-state index contributed by atoms with van der Waals surface area (Å²) in [5, 5.41) is 0. The molecule has 0 spiro atoms. The van der Waals surface area contributed by atoms with Gasteiger partial charge in [0, 0.05) is 0 Å². The number of fused-ring (bicyclic) bond motifs is 1. The molecule has 2 amide bonds. The fourth-order valence-electron chi connectivity index (χ4n) is 2.82. The smallest absolute Gasteiger partial charge is 0.265 e. The predicted molar refractivity (Wildman–Crippen MR) is 66.4 cm³/mol. The molecule has 1 fully saturated rings. The summed E-state index contributed by atoms with van der Waals surface area (Å²) in [5.74, 6) is -0.262. The Morgan fingerprint density at radius 2 is 1.50 bits per heavy atom. The van der Waals surface area contributed by atoms with Crippen molar-refractivity contribution in [2.24, 2.45) is 0 Å². The Morgan fingerprint density at radius 1 is 0.944 bits per heavy atom. The molecule has 2 aliphatic rings. The third kappa shape index (κ3) is 1.82. The molecule has 94 valence electrons. The zero-order chi connectivity index (χ0) is 12.5. The SMILES string of the molecule is O=C1c2ccccc2C(=O)N1C[NH+]1CCCCC1. The maximum atomic E-state index is 12.2. The largest absolute Gasteiger partial charge is 0.317 e. The molecule has 0 radical (unpaired) electrons. The van der Waals surface area contributed by atoms with Crippen LogP contribution < -0.4 is 4.90 Å². The first kappa shape index (κ1) is 11.4. The summed E-state index contributed by atoms with van der Waals surface area (Å²) < 4.78 is 0. The highest BCUT2D eigenvalue weighted by Gasteiger charge is 2.37. The zero-order valence-electron chi connectivity index (χ0n) is 10.3. The molecule has 0 aliphatic carbocycles. The lowest BCUT2D eigenvalue weighted by Gasteiger charge is -2.26. The lowest BCUT2D eigenvalue weighted by atomic mass is 10.1. The third-order valence-electron chi connectivity index (χ3n) is 3.82. The van der Waals surface area contributed by atoms with Crippen molar-refractivity contribution in [1.29, 1.82) is 0 Å². The van der Waals surface area contributed by atoms with E-state index >= 15 is 0 Å². The standard InChI is InChI=1S/C14H16N2O2/c17-13-11-6-2-3-7-12(11)14(18)16(13)10-15-8-4-1-5-9-15/h2-3,6-7H,1,4-5,8-10H2/p+1. The number of nitrogens with zero attached hydrogens (tertiary/aromatic N) is 1. The molecule has 4 heteroatoms. The van der Waals surface area contributed by atoms with Crippen molar-refractivity contribution in [2.75, 3.05) is 19.8 Å². The van der Waals surface area contributed by atoms with Gasteiger partial charge in [-0.2, -0.15) is 0 Å². The fraction of sp³-hybridized carbons (Fsp3) is 0.429. The van der Waals surface area contributed by atoms with Crippen LogP contribution in [0.3, 0.4) is 0 Å². The first-order valence-electron chi connectivity index (χ1n) is 6.56. The van der Waals surface area contributed by atoms with Crippen molar-refractivity contribution in [3.8, 4) is 0 Å². The van der Waals surface area contributed by atoms with Crippen molar-refractivity contribution in [3.05, 3.63) is 35.4 Å². The van der Waals surface area contributed by atoms with Crippen LogP contribution in [0, 0.1) is 0 Å². The summed E-state index contributed by atoms with van der Waals surface area (Å²) in [6, 6.07) is 7.09. The zero-order valence-corrected chi connectivity index (χ0v) is 10.3. The van der Waals surface area contributed by atoms with Crippen LogP contribution in [-0.2, 0) is 0 Å². The van der Waals surface area contributed by atoms with Gasteiger partial charge in [0.1, 0.15) is 0 Å². The number of imide groups is 1. The molecular formula is C14H17N2O2+. The maximum Gasteiger partial charge on any atom is 0.265 e. The van der Waals surface area contributed by atoms with Crippen molar-refractivity contribution >= 4 is 11.8 Å². The number of piperidine rings is 1. The lowest BCUT2D eigenvalue weighted by Crippen LogP contribution is -3.14. The molecule has 2 heterocycles. The second-order valence-corrected chi connectivity index (χ2v) is 5.05. The van der Waals surface area contributed by atoms with Gasteiger partial charge in [-0.15, -0.1) is 0 Å². The van der Waals surface area contributed by atoms with Gasteiger partial charge in [0.05, 0.1) is 24.2 Å². The van der Waals surface area contributed by atoms with Crippen LogP contribution in [-0.4, -0.2) is 36.5 Å². The van der Waals surface area contributed by atoms with E-state index < -0.39 is 0 Å². The van der Waals surface area contributed by atoms with Crippen LogP contribution in [0.1, 0.15) is 40.0 Å². The van der Waals surface area contributed by atoms with Gasteiger partial charge in [0.25, 0.3) is 11.8 Å². The summed E-state index contributed by atoms with van der Waals surface area (Å²) >= 11 is 0. The maximum absolute atomic E-state index is 12.2. The van der Waals surface area contributed by atoms with Crippen molar-refractivity contribution in [3.63, 3.8) is 0 Å². The van der Waals surface area contributed by atoms with E-state index in [0.717, 1.165) is 13.1 Å². The summed E-state index contributed by atoms with van der Waals surface area (Å²) in [5.41, 5.74) is 1.11. The van der Waals surface area contributed by atoms with E-state index in [2.05, 4.69) is 0 Å². The molecule has 2 aliphatic heterocycles. The number of carbonyl (C=O) groups is 2. The molecule has 1 N–H and O–H groups in total. The van der Waals surface area contributed by atoms with Gasteiger partial charge in [-0.25, -0.2) is 4.90 Å². The highest BCUT2D eigenvalue weighted by Crippen LogP contribution is 2.21. The number of nitrogens with one attached hydrogen (secondary N) is 1. The molecule has 4 nitrogen and oxygen atoms in total. The second kappa shape index (κ2) is 4.53. The molecular weight excluding hydrogens is 228 g/mol. The number of hydrogen-bond acceptors (Lipinski definition) is 2. The van der Waals surface area contributed by atoms with Gasteiger partial charge in [0.15, 0.2) is 6.67 Å². The van der Waals surface area contributed by atoms with Crippen LogP contribution in [0.5, 0.6) is 0 Å². The number of quaternary nitrogens is 1. The van der Waals surface area contributed by atoms with Gasteiger partial charge in [-0.3, -0.25) is 9.59 Å². The van der Waals surface area contributed by atoms with E-state index in [1.54, 1.807) is 24.3 Å². The normalized spacial score (nSPS) is 20.3. The number of hydrogen-bond donors (Lipinski definition) is 1. The number of benzene rings is 1. The predicted octanol–water partition coefficient (Wildman–Crippen LogP) is 0.309. The van der Waals surface area contributed by atoms with E-state index in [4.69, 9.17) is 0 Å². The molecule has 1 aromatic carbocycles. The minimum Gasteiger partial charge on any atom is -0.317 e. The molecule has 3 rings (SSSR count). The Kier molecular flexibility index (Phi) is 2.88. The van der Waals surface area contributed by atoms with Gasteiger partial charge >= 0.3 is 0 Å². The van der Waals surface area contributed by atoms with Crippen LogP contribution in [0.2, 0.25) is 0 Å². The van der Waals surface area contributed by atoms with Gasteiger partial charge in [-0.05, 0) is 31.4 Å². The van der Waals surface area contributed by atoms with E-state index in [0.29, 0.717) is 17.8 Å². The van der Waals surface area contributed by atoms with Crippen LogP contribution in [0.4, 0.5) is 0 Å². The molecule has 1 saturated heterocycles. The first-order valence-corrected chi connectivity index (χ1v) is 6.56. The minimum absolute atomic E-state index is 0.131.